The van der Waals surface area contributed by atoms with Crippen LogP contribution in [0.2, 0.25) is 0 Å². The first-order chi connectivity index (χ1) is 6.22. The van der Waals surface area contributed by atoms with Crippen molar-refractivity contribution in [2.75, 3.05) is 6.61 Å². The van der Waals surface area contributed by atoms with E-state index >= 15 is 0 Å². The summed E-state index contributed by atoms with van der Waals surface area (Å²) in [5.41, 5.74) is 0. The molecule has 0 aromatic rings. The minimum absolute atomic E-state index is 0.0908. The summed E-state index contributed by atoms with van der Waals surface area (Å²) in [5.74, 6) is 0. The predicted molar refractivity (Wildman–Crippen MR) is 48.7 cm³/mol. The first-order valence-corrected chi connectivity index (χ1v) is 4.44. The second kappa shape index (κ2) is 4.87. The second-order valence-electron chi connectivity index (χ2n) is 3.14. The minimum Gasteiger partial charge on any atom is -0.465 e. The molecule has 2 N–H and O–H groups in total. The van der Waals surface area contributed by atoms with Crippen molar-refractivity contribution >= 4 is 6.09 Å². The fourth-order valence-electron chi connectivity index (χ4n) is 1.28. The summed E-state index contributed by atoms with van der Waals surface area (Å²) in [6.07, 6.45) is 4.75. The molecular weight excluding hydrogens is 170 g/mol. The van der Waals surface area contributed by atoms with Gasteiger partial charge in [0, 0.05) is 6.04 Å². The number of ether oxygens (including phenoxy) is 1. The molecule has 0 spiro atoms. The third-order valence-electron chi connectivity index (χ3n) is 2.09. The molecule has 0 unspecified atom stereocenters. The summed E-state index contributed by atoms with van der Waals surface area (Å²) >= 11 is 0. The van der Waals surface area contributed by atoms with E-state index in [9.17, 15) is 4.79 Å². The molecule has 0 heterocycles. The van der Waals surface area contributed by atoms with Gasteiger partial charge in [-0.2, -0.15) is 0 Å². The lowest BCUT2D eigenvalue weighted by Crippen LogP contribution is -2.47. The zero-order chi connectivity index (χ0) is 9.68. The Morgan fingerprint density at radius 3 is 2.92 bits per heavy atom. The largest absolute Gasteiger partial charge is 0.465 e. The second-order valence-corrected chi connectivity index (χ2v) is 3.14. The zero-order valence-corrected chi connectivity index (χ0v) is 7.69. The van der Waals surface area contributed by atoms with Gasteiger partial charge in [-0.25, -0.2) is 4.79 Å². The first kappa shape index (κ1) is 10.1. The Kier molecular flexibility index (Phi) is 3.76. The number of allylic oxidation sites excluding steroid dienone is 1. The fraction of sp³-hybridized carbons (Fsp3) is 0.667. The van der Waals surface area contributed by atoms with E-state index in [1.165, 1.54) is 0 Å². The number of carboxylic acid groups (broad SMARTS) is 1. The summed E-state index contributed by atoms with van der Waals surface area (Å²) in [4.78, 5) is 10.2. The van der Waals surface area contributed by atoms with E-state index in [0.29, 0.717) is 6.61 Å². The van der Waals surface area contributed by atoms with E-state index in [1.807, 2.05) is 19.1 Å². The standard InChI is InChI=1S/C9H15NO3/c1-2-3-4-13-8-5-7(6-8)10-9(11)12/h2-3,7-8,10H,4-6H2,1H3,(H,11,12)/b3-2+/t7-,8+. The van der Waals surface area contributed by atoms with Crippen LogP contribution in [0.3, 0.4) is 0 Å². The van der Waals surface area contributed by atoms with Crippen molar-refractivity contribution < 1.29 is 14.6 Å². The molecule has 0 radical (unpaired) electrons. The molecule has 0 aromatic carbocycles. The SMILES string of the molecule is C/C=C/CO[C@H]1C[C@@H](NC(=O)O)C1. The molecule has 0 aliphatic heterocycles. The van der Waals surface area contributed by atoms with Crippen LogP contribution in [-0.4, -0.2) is 30.0 Å². The predicted octanol–water partition coefficient (Wildman–Crippen LogP) is 1.38. The Balaban J connectivity index is 2.01. The lowest BCUT2D eigenvalue weighted by molar-refractivity contribution is -0.000838. The first-order valence-electron chi connectivity index (χ1n) is 4.44. The molecule has 0 atom stereocenters. The Bertz CT molecular complexity index is 197. The lowest BCUT2D eigenvalue weighted by atomic mass is 9.89. The molecule has 1 aliphatic carbocycles. The lowest BCUT2D eigenvalue weighted by Gasteiger charge is -2.34. The maximum Gasteiger partial charge on any atom is 0.404 e. The highest BCUT2D eigenvalue weighted by Crippen LogP contribution is 2.22. The minimum atomic E-state index is -0.947. The van der Waals surface area contributed by atoms with Gasteiger partial charge in [0.15, 0.2) is 0 Å². The summed E-state index contributed by atoms with van der Waals surface area (Å²) < 4.78 is 5.41. The summed E-state index contributed by atoms with van der Waals surface area (Å²) in [7, 11) is 0. The molecular formula is C9H15NO3. The van der Waals surface area contributed by atoms with Crippen molar-refractivity contribution in [3.8, 4) is 0 Å². The number of hydrogen-bond acceptors (Lipinski definition) is 2. The Hall–Kier alpha value is -1.03. The van der Waals surface area contributed by atoms with E-state index < -0.39 is 6.09 Å². The number of amides is 1. The van der Waals surface area contributed by atoms with Crippen LogP contribution in [0.4, 0.5) is 4.79 Å². The van der Waals surface area contributed by atoms with Crippen LogP contribution in [0.1, 0.15) is 19.8 Å². The Labute approximate surface area is 77.6 Å². The molecule has 13 heavy (non-hydrogen) atoms. The Morgan fingerprint density at radius 1 is 1.69 bits per heavy atom. The summed E-state index contributed by atoms with van der Waals surface area (Å²) in [6, 6.07) is 0.0908. The van der Waals surface area contributed by atoms with Gasteiger partial charge in [-0.1, -0.05) is 12.2 Å². The van der Waals surface area contributed by atoms with Gasteiger partial charge in [0.2, 0.25) is 0 Å². The molecule has 1 aliphatic rings. The van der Waals surface area contributed by atoms with Crippen molar-refractivity contribution in [2.24, 2.45) is 0 Å². The normalized spacial score (nSPS) is 27.2. The van der Waals surface area contributed by atoms with Crippen molar-refractivity contribution in [2.45, 2.75) is 31.9 Å². The fourth-order valence-corrected chi connectivity index (χ4v) is 1.28. The number of nitrogens with one attached hydrogen (secondary N) is 1. The smallest absolute Gasteiger partial charge is 0.404 e. The van der Waals surface area contributed by atoms with Crippen molar-refractivity contribution in [1.29, 1.82) is 0 Å². The van der Waals surface area contributed by atoms with Gasteiger partial charge in [-0.3, -0.25) is 0 Å². The van der Waals surface area contributed by atoms with E-state index in [2.05, 4.69) is 5.32 Å². The average Bonchev–Trinajstić information content (AvgIpc) is 1.99. The molecule has 1 saturated carbocycles. The average molecular weight is 185 g/mol. The van der Waals surface area contributed by atoms with Gasteiger partial charge >= 0.3 is 6.09 Å². The van der Waals surface area contributed by atoms with Crippen molar-refractivity contribution in [3.63, 3.8) is 0 Å². The molecule has 0 saturated heterocycles. The topological polar surface area (TPSA) is 58.6 Å². The van der Waals surface area contributed by atoms with Crippen LogP contribution < -0.4 is 5.32 Å². The van der Waals surface area contributed by atoms with E-state index in [-0.39, 0.29) is 12.1 Å². The van der Waals surface area contributed by atoms with Gasteiger partial charge in [0.25, 0.3) is 0 Å². The number of rotatable bonds is 4. The summed E-state index contributed by atoms with van der Waals surface area (Å²) in [5, 5.41) is 10.8. The number of hydrogen-bond donors (Lipinski definition) is 2. The van der Waals surface area contributed by atoms with Gasteiger partial charge in [0.05, 0.1) is 12.7 Å². The maximum absolute atomic E-state index is 10.2. The number of carbonyl (C=O) groups is 1. The van der Waals surface area contributed by atoms with Crippen LogP contribution in [0, 0.1) is 0 Å². The third kappa shape index (κ3) is 3.46. The van der Waals surface area contributed by atoms with E-state index in [0.717, 1.165) is 12.8 Å². The molecule has 74 valence electrons. The van der Waals surface area contributed by atoms with Crippen LogP contribution in [0.15, 0.2) is 12.2 Å². The van der Waals surface area contributed by atoms with Gasteiger partial charge in [-0.15, -0.1) is 0 Å². The van der Waals surface area contributed by atoms with E-state index in [4.69, 9.17) is 9.84 Å². The molecule has 4 nitrogen and oxygen atoms in total. The zero-order valence-electron chi connectivity index (χ0n) is 7.69. The molecule has 1 fully saturated rings. The third-order valence-corrected chi connectivity index (χ3v) is 2.09. The quantitative estimate of drug-likeness (QED) is 0.650. The highest BCUT2D eigenvalue weighted by Gasteiger charge is 2.30. The van der Waals surface area contributed by atoms with E-state index in [1.54, 1.807) is 0 Å². The molecule has 1 rings (SSSR count). The van der Waals surface area contributed by atoms with Crippen LogP contribution >= 0.6 is 0 Å². The molecule has 1 amide bonds. The van der Waals surface area contributed by atoms with Crippen LogP contribution in [-0.2, 0) is 4.74 Å². The maximum atomic E-state index is 10.2. The highest BCUT2D eigenvalue weighted by molar-refractivity contribution is 5.65. The molecule has 0 bridgehead atoms. The van der Waals surface area contributed by atoms with Crippen molar-refractivity contribution in [1.82, 2.24) is 5.32 Å². The Morgan fingerprint density at radius 2 is 2.38 bits per heavy atom. The monoisotopic (exact) mass is 185 g/mol. The van der Waals surface area contributed by atoms with Crippen LogP contribution in [0.5, 0.6) is 0 Å². The highest BCUT2D eigenvalue weighted by atomic mass is 16.5. The van der Waals surface area contributed by atoms with Gasteiger partial charge in [-0.05, 0) is 19.8 Å². The van der Waals surface area contributed by atoms with Crippen molar-refractivity contribution in [3.05, 3.63) is 12.2 Å². The molecule has 4 heteroatoms. The van der Waals surface area contributed by atoms with Crippen LogP contribution in [0.25, 0.3) is 0 Å². The summed E-state index contributed by atoms with van der Waals surface area (Å²) in [6.45, 7) is 2.57. The van der Waals surface area contributed by atoms with Gasteiger partial charge in [0.1, 0.15) is 0 Å². The van der Waals surface area contributed by atoms with Gasteiger partial charge < -0.3 is 15.2 Å². The molecule has 0 aromatic heterocycles.